The molecule has 180 valence electrons. The zero-order chi connectivity index (χ0) is 24.3. The van der Waals surface area contributed by atoms with Gasteiger partial charge in [-0.1, -0.05) is 55.0 Å². The summed E-state index contributed by atoms with van der Waals surface area (Å²) >= 11 is 0. The number of nitrogens with one attached hydrogen (secondary N) is 2. The molecule has 7 heteroatoms. The number of alkyl carbamates (subject to hydrolysis) is 1. The fourth-order valence-corrected chi connectivity index (χ4v) is 5.15. The number of carboxylic acid groups (broad SMARTS) is 1. The molecule has 0 aliphatic heterocycles. The van der Waals surface area contributed by atoms with Crippen LogP contribution in [0.1, 0.15) is 63.0 Å². The van der Waals surface area contributed by atoms with E-state index in [1.54, 1.807) is 0 Å². The number of carboxylic acids is 1. The first-order chi connectivity index (χ1) is 16.2. The zero-order valence-corrected chi connectivity index (χ0v) is 19.7. The Balaban J connectivity index is 1.34. The molecular weight excluding hydrogens is 432 g/mol. The largest absolute Gasteiger partial charge is 0.481 e. The first kappa shape index (κ1) is 23.8. The van der Waals surface area contributed by atoms with Gasteiger partial charge in [-0.25, -0.2) is 4.79 Å². The van der Waals surface area contributed by atoms with Crippen LogP contribution < -0.4 is 10.6 Å². The molecule has 0 bridgehead atoms. The Bertz CT molecular complexity index is 1030. The molecule has 0 spiro atoms. The van der Waals surface area contributed by atoms with Gasteiger partial charge in [0.25, 0.3) is 0 Å². The summed E-state index contributed by atoms with van der Waals surface area (Å²) in [6, 6.07) is 16.1. The van der Waals surface area contributed by atoms with Crippen molar-refractivity contribution in [2.24, 2.45) is 5.92 Å². The molecule has 2 atom stereocenters. The lowest BCUT2D eigenvalue weighted by Crippen LogP contribution is -2.50. The highest BCUT2D eigenvalue weighted by molar-refractivity contribution is 5.82. The highest BCUT2D eigenvalue weighted by atomic mass is 16.5. The van der Waals surface area contributed by atoms with E-state index in [9.17, 15) is 14.4 Å². The Labute approximate surface area is 199 Å². The molecule has 1 saturated carbocycles. The standard InChI is InChI=1S/C27H32N2O5/c1-27(2,15-14-24(30)31)29-25(32)21-12-7-13-23(21)28-26(33)34-16-22-19-10-5-3-8-17(19)18-9-4-6-11-20(18)22/h3-6,8-11,21-23H,7,12-16H2,1-2H3,(H,28,33)(H,29,32)(H,30,31)/t21-,23+/m1/s1. The van der Waals surface area contributed by atoms with Crippen LogP contribution in [0.25, 0.3) is 11.1 Å². The van der Waals surface area contributed by atoms with Crippen molar-refractivity contribution in [2.75, 3.05) is 6.61 Å². The molecule has 2 aromatic rings. The number of fused-ring (bicyclic) bond motifs is 3. The van der Waals surface area contributed by atoms with Gasteiger partial charge in [0.2, 0.25) is 5.91 Å². The summed E-state index contributed by atoms with van der Waals surface area (Å²) in [6.07, 6.45) is 2.02. The predicted octanol–water partition coefficient (Wildman–Crippen LogP) is 4.45. The Morgan fingerprint density at radius 3 is 2.24 bits per heavy atom. The first-order valence-electron chi connectivity index (χ1n) is 11.9. The van der Waals surface area contributed by atoms with Gasteiger partial charge in [-0.05, 0) is 55.4 Å². The SMILES string of the molecule is CC(C)(CCC(=O)O)NC(=O)[C@@H]1CCC[C@@H]1NC(=O)OCC1c2ccccc2-c2ccccc21. The summed E-state index contributed by atoms with van der Waals surface area (Å²) < 4.78 is 5.65. The summed E-state index contributed by atoms with van der Waals surface area (Å²) in [7, 11) is 0. The summed E-state index contributed by atoms with van der Waals surface area (Å²) in [5.74, 6) is -1.42. The molecule has 7 nitrogen and oxygen atoms in total. The summed E-state index contributed by atoms with van der Waals surface area (Å²) in [5, 5.41) is 14.8. The Hall–Kier alpha value is -3.35. The van der Waals surface area contributed by atoms with E-state index in [-0.39, 0.29) is 36.8 Å². The minimum atomic E-state index is -0.891. The third-order valence-electron chi connectivity index (χ3n) is 6.93. The second kappa shape index (κ2) is 9.87. The van der Waals surface area contributed by atoms with Crippen LogP contribution >= 0.6 is 0 Å². The van der Waals surface area contributed by atoms with Gasteiger partial charge < -0.3 is 20.5 Å². The molecule has 34 heavy (non-hydrogen) atoms. The van der Waals surface area contributed by atoms with E-state index in [2.05, 4.69) is 34.9 Å². The van der Waals surface area contributed by atoms with Crippen molar-refractivity contribution in [1.29, 1.82) is 0 Å². The molecule has 0 saturated heterocycles. The highest BCUT2D eigenvalue weighted by Crippen LogP contribution is 2.44. The number of hydrogen-bond acceptors (Lipinski definition) is 4. The maximum atomic E-state index is 12.9. The maximum absolute atomic E-state index is 12.9. The van der Waals surface area contributed by atoms with Crippen molar-refractivity contribution in [3.8, 4) is 11.1 Å². The molecule has 2 aromatic carbocycles. The normalized spacial score (nSPS) is 19.2. The number of aliphatic carboxylic acids is 1. The number of carbonyl (C=O) groups excluding carboxylic acids is 2. The summed E-state index contributed by atoms with van der Waals surface area (Å²) in [6.45, 7) is 3.86. The average Bonchev–Trinajstić information content (AvgIpc) is 3.39. The Morgan fingerprint density at radius 1 is 1.00 bits per heavy atom. The van der Waals surface area contributed by atoms with E-state index in [0.717, 1.165) is 17.5 Å². The monoisotopic (exact) mass is 464 g/mol. The van der Waals surface area contributed by atoms with E-state index in [1.807, 2.05) is 38.1 Å². The molecule has 2 amide bonds. The van der Waals surface area contributed by atoms with Crippen molar-refractivity contribution in [1.82, 2.24) is 10.6 Å². The third kappa shape index (κ3) is 5.24. The molecule has 2 aliphatic carbocycles. The maximum Gasteiger partial charge on any atom is 0.407 e. The van der Waals surface area contributed by atoms with Crippen LogP contribution in [0.2, 0.25) is 0 Å². The van der Waals surface area contributed by atoms with Crippen LogP contribution in [-0.4, -0.2) is 41.3 Å². The van der Waals surface area contributed by atoms with Gasteiger partial charge in [-0.2, -0.15) is 0 Å². The lowest BCUT2D eigenvalue weighted by Gasteiger charge is -2.29. The number of rotatable bonds is 8. The zero-order valence-electron chi connectivity index (χ0n) is 19.7. The third-order valence-corrected chi connectivity index (χ3v) is 6.93. The minimum Gasteiger partial charge on any atom is -0.481 e. The van der Waals surface area contributed by atoms with E-state index < -0.39 is 17.6 Å². The second-order valence-electron chi connectivity index (χ2n) is 9.88. The number of carbonyl (C=O) groups is 3. The smallest absolute Gasteiger partial charge is 0.407 e. The molecule has 0 radical (unpaired) electrons. The summed E-state index contributed by atoms with van der Waals surface area (Å²) in [5.41, 5.74) is 4.01. The van der Waals surface area contributed by atoms with E-state index in [0.29, 0.717) is 19.3 Å². The number of amides is 2. The molecular formula is C27H32N2O5. The molecule has 0 heterocycles. The van der Waals surface area contributed by atoms with Crippen molar-refractivity contribution < 1.29 is 24.2 Å². The lowest BCUT2D eigenvalue weighted by molar-refractivity contribution is -0.138. The van der Waals surface area contributed by atoms with Gasteiger partial charge in [0.1, 0.15) is 6.61 Å². The molecule has 3 N–H and O–H groups in total. The fraction of sp³-hybridized carbons (Fsp3) is 0.444. The number of benzene rings is 2. The number of ether oxygens (including phenoxy) is 1. The Kier molecular flexibility index (Phi) is 6.91. The van der Waals surface area contributed by atoms with E-state index >= 15 is 0 Å². The van der Waals surface area contributed by atoms with E-state index in [4.69, 9.17) is 9.84 Å². The van der Waals surface area contributed by atoms with Crippen LogP contribution in [-0.2, 0) is 14.3 Å². The van der Waals surface area contributed by atoms with Crippen molar-refractivity contribution in [3.63, 3.8) is 0 Å². The second-order valence-corrected chi connectivity index (χ2v) is 9.88. The molecule has 0 unspecified atom stereocenters. The van der Waals surface area contributed by atoms with Gasteiger partial charge in [0.15, 0.2) is 0 Å². The number of hydrogen-bond donors (Lipinski definition) is 3. The van der Waals surface area contributed by atoms with Crippen LogP contribution in [0.5, 0.6) is 0 Å². The average molecular weight is 465 g/mol. The van der Waals surface area contributed by atoms with Crippen molar-refractivity contribution in [2.45, 2.75) is 63.5 Å². The quantitative estimate of drug-likeness (QED) is 0.535. The molecule has 0 aromatic heterocycles. The van der Waals surface area contributed by atoms with Gasteiger partial charge in [-0.3, -0.25) is 9.59 Å². The van der Waals surface area contributed by atoms with Crippen LogP contribution in [0.4, 0.5) is 4.79 Å². The van der Waals surface area contributed by atoms with Gasteiger partial charge >= 0.3 is 12.1 Å². The molecule has 2 aliphatic rings. The van der Waals surface area contributed by atoms with Crippen LogP contribution in [0.15, 0.2) is 48.5 Å². The van der Waals surface area contributed by atoms with Gasteiger partial charge in [-0.15, -0.1) is 0 Å². The van der Waals surface area contributed by atoms with Crippen molar-refractivity contribution in [3.05, 3.63) is 59.7 Å². The topological polar surface area (TPSA) is 105 Å². The van der Waals surface area contributed by atoms with E-state index in [1.165, 1.54) is 11.1 Å². The first-order valence-corrected chi connectivity index (χ1v) is 11.9. The van der Waals surface area contributed by atoms with Crippen molar-refractivity contribution >= 4 is 18.0 Å². The molecule has 4 rings (SSSR count). The minimum absolute atomic E-state index is 0.0145. The predicted molar refractivity (Wildman–Crippen MR) is 128 cm³/mol. The summed E-state index contributed by atoms with van der Waals surface area (Å²) in [4.78, 5) is 36.4. The van der Waals surface area contributed by atoms with Crippen LogP contribution in [0.3, 0.4) is 0 Å². The molecule has 1 fully saturated rings. The van der Waals surface area contributed by atoms with Gasteiger partial charge in [0, 0.05) is 23.9 Å². The van der Waals surface area contributed by atoms with Gasteiger partial charge in [0.05, 0.1) is 5.92 Å². The lowest BCUT2D eigenvalue weighted by atomic mass is 9.95. The van der Waals surface area contributed by atoms with Crippen LogP contribution in [0, 0.1) is 5.92 Å². The highest BCUT2D eigenvalue weighted by Gasteiger charge is 2.37. The Morgan fingerprint density at radius 2 is 1.62 bits per heavy atom. The fourth-order valence-electron chi connectivity index (χ4n) is 5.15.